The molecular weight excluding hydrogens is 190 g/mol. The van der Waals surface area contributed by atoms with Gasteiger partial charge in [-0.2, -0.15) is 0 Å². The predicted octanol–water partition coefficient (Wildman–Crippen LogP) is 0.820. The lowest BCUT2D eigenvalue weighted by molar-refractivity contribution is -0.127. The molecule has 0 spiro atoms. The van der Waals surface area contributed by atoms with E-state index in [9.17, 15) is 4.79 Å². The second kappa shape index (κ2) is 5.46. The summed E-state index contributed by atoms with van der Waals surface area (Å²) in [5.74, 6) is 0.0795. The molecule has 0 bridgehead atoms. The van der Waals surface area contributed by atoms with Gasteiger partial charge < -0.3 is 10.2 Å². The first-order chi connectivity index (χ1) is 7.11. The van der Waals surface area contributed by atoms with Crippen molar-refractivity contribution in [1.29, 1.82) is 0 Å². The zero-order valence-corrected chi connectivity index (χ0v) is 9.40. The Bertz CT molecular complexity index is 311. The number of likely N-dealkylation sites (N-methyl/N-ethyl adjacent to an activating group) is 1. The van der Waals surface area contributed by atoms with E-state index >= 15 is 0 Å². The van der Waals surface area contributed by atoms with Crippen molar-refractivity contribution in [3.63, 3.8) is 0 Å². The number of rotatable bonds is 4. The maximum atomic E-state index is 11.3. The number of nitrogens with zero attached hydrogens (tertiary/aromatic N) is 2. The first kappa shape index (κ1) is 11.7. The molecule has 1 rings (SSSR count). The highest BCUT2D eigenvalue weighted by molar-refractivity contribution is 5.77. The molecule has 1 atom stereocenters. The van der Waals surface area contributed by atoms with Gasteiger partial charge >= 0.3 is 0 Å². The molecule has 1 aromatic rings. The van der Waals surface area contributed by atoms with E-state index in [-0.39, 0.29) is 11.9 Å². The first-order valence-electron chi connectivity index (χ1n) is 4.94. The van der Waals surface area contributed by atoms with Crippen LogP contribution >= 0.6 is 0 Å². The van der Waals surface area contributed by atoms with Crippen LogP contribution in [0.2, 0.25) is 0 Å². The molecule has 0 fully saturated rings. The predicted molar refractivity (Wildman–Crippen MR) is 59.3 cm³/mol. The van der Waals surface area contributed by atoms with E-state index in [1.165, 1.54) is 0 Å². The highest BCUT2D eigenvalue weighted by Crippen LogP contribution is 2.09. The maximum absolute atomic E-state index is 11.3. The third-order valence-electron chi connectivity index (χ3n) is 2.26. The molecule has 0 aliphatic rings. The molecule has 0 aliphatic carbocycles. The lowest BCUT2D eigenvalue weighted by Gasteiger charge is -2.16. The van der Waals surface area contributed by atoms with Crippen LogP contribution in [0.4, 0.5) is 0 Å². The molecule has 0 unspecified atom stereocenters. The van der Waals surface area contributed by atoms with Crippen molar-refractivity contribution in [3.8, 4) is 0 Å². The van der Waals surface area contributed by atoms with Crippen molar-refractivity contribution < 1.29 is 4.79 Å². The van der Waals surface area contributed by atoms with Crippen LogP contribution in [-0.4, -0.2) is 36.4 Å². The van der Waals surface area contributed by atoms with Gasteiger partial charge in [0.1, 0.15) is 0 Å². The van der Waals surface area contributed by atoms with E-state index in [0.29, 0.717) is 6.54 Å². The largest absolute Gasteiger partial charge is 0.348 e. The summed E-state index contributed by atoms with van der Waals surface area (Å²) in [5.41, 5.74) is 1.14. The molecule has 1 amide bonds. The average Bonchev–Trinajstić information content (AvgIpc) is 2.26. The number of nitrogens with one attached hydrogen (secondary N) is 1. The monoisotopic (exact) mass is 207 g/mol. The molecule has 1 N–H and O–H groups in total. The Morgan fingerprint density at radius 1 is 1.47 bits per heavy atom. The summed E-state index contributed by atoms with van der Waals surface area (Å²) in [6.45, 7) is 2.38. The fraction of sp³-hybridized carbons (Fsp3) is 0.455. The summed E-state index contributed by atoms with van der Waals surface area (Å²) in [6, 6.07) is 4.05. The van der Waals surface area contributed by atoms with Crippen molar-refractivity contribution in [2.24, 2.45) is 0 Å². The van der Waals surface area contributed by atoms with Gasteiger partial charge in [-0.15, -0.1) is 0 Å². The molecule has 0 aliphatic heterocycles. The van der Waals surface area contributed by atoms with E-state index in [0.717, 1.165) is 5.56 Å². The number of pyridine rings is 1. The van der Waals surface area contributed by atoms with Gasteiger partial charge in [-0.3, -0.25) is 9.78 Å². The quantitative estimate of drug-likeness (QED) is 0.795. The summed E-state index contributed by atoms with van der Waals surface area (Å²) < 4.78 is 0. The Balaban J connectivity index is 2.44. The molecule has 0 radical (unpaired) electrons. The topological polar surface area (TPSA) is 45.2 Å². The Labute approximate surface area is 90.3 Å². The van der Waals surface area contributed by atoms with Crippen molar-refractivity contribution in [3.05, 3.63) is 30.1 Å². The Kier molecular flexibility index (Phi) is 4.24. The van der Waals surface area contributed by atoms with E-state index in [2.05, 4.69) is 10.3 Å². The number of hydrogen-bond acceptors (Lipinski definition) is 3. The van der Waals surface area contributed by atoms with E-state index in [1.807, 2.05) is 19.1 Å². The summed E-state index contributed by atoms with van der Waals surface area (Å²) in [5, 5.41) is 3.16. The SMILES string of the molecule is C[C@@H](NCC(=O)N(C)C)c1ccncc1. The van der Waals surface area contributed by atoms with Crippen LogP contribution in [0.3, 0.4) is 0 Å². The molecule has 0 saturated heterocycles. The summed E-state index contributed by atoms with van der Waals surface area (Å²) >= 11 is 0. The van der Waals surface area contributed by atoms with Crippen molar-refractivity contribution in [2.75, 3.05) is 20.6 Å². The number of carbonyl (C=O) groups is 1. The van der Waals surface area contributed by atoms with E-state index in [4.69, 9.17) is 0 Å². The van der Waals surface area contributed by atoms with Crippen LogP contribution in [0.15, 0.2) is 24.5 Å². The third kappa shape index (κ3) is 3.67. The van der Waals surface area contributed by atoms with Crippen LogP contribution in [0.1, 0.15) is 18.5 Å². The average molecular weight is 207 g/mol. The highest BCUT2D eigenvalue weighted by Gasteiger charge is 2.08. The van der Waals surface area contributed by atoms with Crippen molar-refractivity contribution in [1.82, 2.24) is 15.2 Å². The van der Waals surface area contributed by atoms with E-state index in [1.54, 1.807) is 31.4 Å². The minimum absolute atomic E-state index is 0.0795. The highest BCUT2D eigenvalue weighted by atomic mass is 16.2. The first-order valence-corrected chi connectivity index (χ1v) is 4.94. The Hall–Kier alpha value is -1.42. The molecule has 4 nitrogen and oxygen atoms in total. The lowest BCUT2D eigenvalue weighted by atomic mass is 10.1. The zero-order chi connectivity index (χ0) is 11.3. The zero-order valence-electron chi connectivity index (χ0n) is 9.40. The van der Waals surface area contributed by atoms with Gasteiger partial charge in [0.15, 0.2) is 0 Å². The van der Waals surface area contributed by atoms with Gasteiger partial charge in [0.2, 0.25) is 5.91 Å². The van der Waals surface area contributed by atoms with Crippen molar-refractivity contribution in [2.45, 2.75) is 13.0 Å². The van der Waals surface area contributed by atoms with Crippen LogP contribution < -0.4 is 5.32 Å². The van der Waals surface area contributed by atoms with E-state index < -0.39 is 0 Å². The minimum atomic E-state index is 0.0795. The maximum Gasteiger partial charge on any atom is 0.236 e. The fourth-order valence-corrected chi connectivity index (χ4v) is 1.17. The molecular formula is C11H17N3O. The second-order valence-corrected chi connectivity index (χ2v) is 3.67. The number of aromatic nitrogens is 1. The number of hydrogen-bond donors (Lipinski definition) is 1. The van der Waals surface area contributed by atoms with Crippen LogP contribution in [0.25, 0.3) is 0 Å². The van der Waals surface area contributed by atoms with Gasteiger partial charge in [0.05, 0.1) is 6.54 Å². The number of carbonyl (C=O) groups excluding carboxylic acids is 1. The normalized spacial score (nSPS) is 12.2. The standard InChI is InChI=1S/C11H17N3O/c1-9(10-4-6-12-7-5-10)13-8-11(15)14(2)3/h4-7,9,13H,8H2,1-3H3/t9-/m1/s1. The molecule has 0 saturated carbocycles. The summed E-state index contributed by atoms with van der Waals surface area (Å²) in [7, 11) is 3.50. The van der Waals surface area contributed by atoms with Crippen LogP contribution in [0.5, 0.6) is 0 Å². The lowest BCUT2D eigenvalue weighted by Crippen LogP contribution is -2.34. The summed E-state index contributed by atoms with van der Waals surface area (Å²) in [6.07, 6.45) is 3.50. The molecule has 1 heterocycles. The Morgan fingerprint density at radius 2 is 2.07 bits per heavy atom. The molecule has 4 heteroatoms. The van der Waals surface area contributed by atoms with Crippen LogP contribution in [0, 0.1) is 0 Å². The van der Waals surface area contributed by atoms with Crippen LogP contribution in [-0.2, 0) is 4.79 Å². The molecule has 15 heavy (non-hydrogen) atoms. The Morgan fingerprint density at radius 3 is 2.60 bits per heavy atom. The van der Waals surface area contributed by atoms with Gasteiger partial charge in [0, 0.05) is 32.5 Å². The second-order valence-electron chi connectivity index (χ2n) is 3.67. The molecule has 82 valence electrons. The van der Waals surface area contributed by atoms with Gasteiger partial charge in [-0.1, -0.05) is 0 Å². The van der Waals surface area contributed by atoms with Gasteiger partial charge in [-0.05, 0) is 24.6 Å². The molecule has 0 aromatic carbocycles. The smallest absolute Gasteiger partial charge is 0.236 e. The summed E-state index contributed by atoms with van der Waals surface area (Å²) in [4.78, 5) is 16.9. The van der Waals surface area contributed by atoms with Crippen molar-refractivity contribution >= 4 is 5.91 Å². The molecule has 1 aromatic heterocycles. The van der Waals surface area contributed by atoms with Gasteiger partial charge in [-0.25, -0.2) is 0 Å². The third-order valence-corrected chi connectivity index (χ3v) is 2.26. The fourth-order valence-electron chi connectivity index (χ4n) is 1.17. The number of amides is 1. The minimum Gasteiger partial charge on any atom is -0.348 e. The van der Waals surface area contributed by atoms with Gasteiger partial charge in [0.25, 0.3) is 0 Å².